The molecule has 1 nitrogen and oxygen atoms in total. The molecule has 0 heterocycles. The van der Waals surface area contributed by atoms with Gasteiger partial charge in [0.15, 0.2) is 0 Å². The van der Waals surface area contributed by atoms with E-state index in [1.54, 1.807) is 6.07 Å². The number of hydrogen-bond acceptors (Lipinski definition) is 1. The summed E-state index contributed by atoms with van der Waals surface area (Å²) in [5.74, 6) is 5.76. The molecule has 92 valence electrons. The van der Waals surface area contributed by atoms with Gasteiger partial charge >= 0.3 is 0 Å². The van der Waals surface area contributed by atoms with Crippen molar-refractivity contribution in [1.82, 2.24) is 0 Å². The van der Waals surface area contributed by atoms with Crippen molar-refractivity contribution in [3.63, 3.8) is 0 Å². The molecule has 0 aliphatic carbocycles. The summed E-state index contributed by atoms with van der Waals surface area (Å²) in [5.41, 5.74) is 0.758. The average molecular weight is 234 g/mol. The quantitative estimate of drug-likeness (QED) is 0.796. The summed E-state index contributed by atoms with van der Waals surface area (Å²) in [6.45, 7) is 6.08. The third kappa shape index (κ3) is 6.09. The topological polar surface area (TPSA) is 20.2 Å². The van der Waals surface area contributed by atoms with Gasteiger partial charge in [0.25, 0.3) is 0 Å². The van der Waals surface area contributed by atoms with Gasteiger partial charge < -0.3 is 5.11 Å². The monoisotopic (exact) mass is 234 g/mol. The lowest BCUT2D eigenvalue weighted by Gasteiger charge is -2.09. The van der Waals surface area contributed by atoms with Gasteiger partial charge in [0.2, 0.25) is 0 Å². The molecule has 0 bridgehead atoms. The molecular formula is C15H19FO. The molecule has 0 fully saturated rings. The van der Waals surface area contributed by atoms with E-state index in [-0.39, 0.29) is 11.2 Å². The van der Waals surface area contributed by atoms with Crippen LogP contribution in [0.2, 0.25) is 0 Å². The van der Waals surface area contributed by atoms with Gasteiger partial charge in [-0.05, 0) is 44.9 Å². The van der Waals surface area contributed by atoms with Crippen LogP contribution in [-0.4, -0.2) is 11.2 Å². The second-order valence-electron chi connectivity index (χ2n) is 5.24. The Balaban J connectivity index is 2.49. The molecule has 1 unspecified atom stereocenters. The van der Waals surface area contributed by atoms with Gasteiger partial charge in [0, 0.05) is 11.8 Å². The molecule has 0 saturated carbocycles. The standard InChI is InChI=1S/C15H19FO/c1-15(2,3)9-5-8-14(17)11-12-6-4-7-13(16)10-12/h4,6-7,10,14,17H,8,11H2,1-3H3. The summed E-state index contributed by atoms with van der Waals surface area (Å²) in [7, 11) is 0. The average Bonchev–Trinajstić information content (AvgIpc) is 2.15. The number of rotatable bonds is 3. The van der Waals surface area contributed by atoms with E-state index < -0.39 is 6.10 Å². The molecule has 0 aliphatic heterocycles. The minimum Gasteiger partial charge on any atom is -0.392 e. The molecule has 1 aromatic rings. The van der Waals surface area contributed by atoms with E-state index in [0.29, 0.717) is 12.8 Å². The van der Waals surface area contributed by atoms with Crippen LogP contribution in [0.3, 0.4) is 0 Å². The maximum absolute atomic E-state index is 12.9. The van der Waals surface area contributed by atoms with E-state index in [1.165, 1.54) is 12.1 Å². The van der Waals surface area contributed by atoms with E-state index in [4.69, 9.17) is 0 Å². The van der Waals surface area contributed by atoms with Gasteiger partial charge in [0.1, 0.15) is 5.82 Å². The van der Waals surface area contributed by atoms with Crippen LogP contribution in [0.25, 0.3) is 0 Å². The van der Waals surface area contributed by atoms with Gasteiger partial charge in [-0.15, -0.1) is 5.92 Å². The molecule has 0 aliphatic rings. The summed E-state index contributed by atoms with van der Waals surface area (Å²) in [5, 5.41) is 9.77. The summed E-state index contributed by atoms with van der Waals surface area (Å²) in [4.78, 5) is 0. The molecule has 0 amide bonds. The highest BCUT2D eigenvalue weighted by Crippen LogP contribution is 2.11. The van der Waals surface area contributed by atoms with Gasteiger partial charge in [-0.2, -0.15) is 0 Å². The number of hydrogen-bond donors (Lipinski definition) is 1. The fourth-order valence-corrected chi connectivity index (χ4v) is 1.44. The van der Waals surface area contributed by atoms with Gasteiger partial charge in [0.05, 0.1) is 6.10 Å². The Kier molecular flexibility index (Phi) is 4.72. The molecular weight excluding hydrogens is 215 g/mol. The van der Waals surface area contributed by atoms with E-state index in [9.17, 15) is 9.50 Å². The highest BCUT2D eigenvalue weighted by molar-refractivity contribution is 5.18. The summed E-state index contributed by atoms with van der Waals surface area (Å²) < 4.78 is 12.9. The minimum atomic E-state index is -0.536. The molecule has 17 heavy (non-hydrogen) atoms. The summed E-state index contributed by atoms with van der Waals surface area (Å²) >= 11 is 0. The van der Waals surface area contributed by atoms with Crippen LogP contribution in [0, 0.1) is 23.1 Å². The number of benzene rings is 1. The third-order valence-electron chi connectivity index (χ3n) is 2.16. The Morgan fingerprint density at radius 1 is 1.35 bits per heavy atom. The normalized spacial score (nSPS) is 12.8. The summed E-state index contributed by atoms with van der Waals surface area (Å²) in [6, 6.07) is 6.30. The van der Waals surface area contributed by atoms with E-state index in [1.807, 2.05) is 26.8 Å². The lowest BCUT2D eigenvalue weighted by Crippen LogP contribution is -2.10. The highest BCUT2D eigenvalue weighted by Gasteiger charge is 2.06. The van der Waals surface area contributed by atoms with E-state index in [2.05, 4.69) is 11.8 Å². The SMILES string of the molecule is CC(C)(C)C#CCC(O)Cc1cccc(F)c1. The lowest BCUT2D eigenvalue weighted by molar-refractivity contribution is 0.180. The Morgan fingerprint density at radius 2 is 2.06 bits per heavy atom. The van der Waals surface area contributed by atoms with Gasteiger partial charge in [-0.3, -0.25) is 0 Å². The van der Waals surface area contributed by atoms with Crippen molar-refractivity contribution in [3.8, 4) is 11.8 Å². The zero-order chi connectivity index (χ0) is 12.9. The first-order chi connectivity index (χ1) is 7.87. The first-order valence-corrected chi connectivity index (χ1v) is 5.79. The van der Waals surface area contributed by atoms with Crippen LogP contribution in [0.15, 0.2) is 24.3 Å². The van der Waals surface area contributed by atoms with Crippen LogP contribution >= 0.6 is 0 Å². The number of halogens is 1. The van der Waals surface area contributed by atoms with Crippen molar-refractivity contribution in [2.45, 2.75) is 39.7 Å². The van der Waals surface area contributed by atoms with Crippen LogP contribution in [0.4, 0.5) is 4.39 Å². The van der Waals surface area contributed by atoms with Crippen LogP contribution in [0.1, 0.15) is 32.8 Å². The predicted octanol–water partition coefficient (Wildman–Crippen LogP) is 3.17. The molecule has 0 spiro atoms. The van der Waals surface area contributed by atoms with Gasteiger partial charge in [-0.1, -0.05) is 18.1 Å². The second-order valence-corrected chi connectivity index (χ2v) is 5.24. The first kappa shape index (κ1) is 13.7. The maximum atomic E-state index is 12.9. The van der Waals surface area contributed by atoms with Crippen LogP contribution in [-0.2, 0) is 6.42 Å². The molecule has 1 atom stereocenters. The van der Waals surface area contributed by atoms with Crippen LogP contribution in [0.5, 0.6) is 0 Å². The molecule has 2 heteroatoms. The second kappa shape index (κ2) is 5.84. The number of aliphatic hydroxyl groups excluding tert-OH is 1. The molecule has 0 aromatic heterocycles. The lowest BCUT2D eigenvalue weighted by atomic mass is 9.97. The molecule has 0 radical (unpaired) electrons. The predicted molar refractivity (Wildman–Crippen MR) is 68.0 cm³/mol. The first-order valence-electron chi connectivity index (χ1n) is 5.79. The Morgan fingerprint density at radius 3 is 2.65 bits per heavy atom. The largest absolute Gasteiger partial charge is 0.392 e. The number of aliphatic hydroxyl groups is 1. The maximum Gasteiger partial charge on any atom is 0.123 e. The Labute approximate surface area is 103 Å². The Bertz CT molecular complexity index is 421. The molecule has 0 saturated heterocycles. The van der Waals surface area contributed by atoms with Crippen molar-refractivity contribution in [3.05, 3.63) is 35.6 Å². The molecule has 1 rings (SSSR count). The zero-order valence-corrected chi connectivity index (χ0v) is 10.6. The summed E-state index contributed by atoms with van der Waals surface area (Å²) in [6.07, 6.45) is 0.330. The van der Waals surface area contributed by atoms with E-state index >= 15 is 0 Å². The Hall–Kier alpha value is -1.33. The third-order valence-corrected chi connectivity index (χ3v) is 2.16. The van der Waals surface area contributed by atoms with Crippen LogP contribution < -0.4 is 0 Å². The fourth-order valence-electron chi connectivity index (χ4n) is 1.44. The van der Waals surface area contributed by atoms with Crippen molar-refractivity contribution < 1.29 is 9.50 Å². The van der Waals surface area contributed by atoms with Crippen molar-refractivity contribution in [2.24, 2.45) is 5.41 Å². The molecule has 1 N–H and O–H groups in total. The smallest absolute Gasteiger partial charge is 0.123 e. The zero-order valence-electron chi connectivity index (χ0n) is 10.6. The highest BCUT2D eigenvalue weighted by atomic mass is 19.1. The minimum absolute atomic E-state index is 0.0431. The van der Waals surface area contributed by atoms with Crippen molar-refractivity contribution in [2.75, 3.05) is 0 Å². The van der Waals surface area contributed by atoms with Crippen molar-refractivity contribution in [1.29, 1.82) is 0 Å². The fraction of sp³-hybridized carbons (Fsp3) is 0.467. The molecule has 1 aromatic carbocycles. The van der Waals surface area contributed by atoms with E-state index in [0.717, 1.165) is 5.56 Å². The van der Waals surface area contributed by atoms with Crippen molar-refractivity contribution >= 4 is 0 Å². The van der Waals surface area contributed by atoms with Gasteiger partial charge in [-0.25, -0.2) is 4.39 Å².